The molecule has 1 amide bonds. The van der Waals surface area contributed by atoms with Crippen molar-refractivity contribution >= 4 is 16.9 Å². The molecule has 4 aromatic rings. The fourth-order valence-corrected chi connectivity index (χ4v) is 3.99. The molecule has 1 atom stereocenters. The fourth-order valence-electron chi connectivity index (χ4n) is 3.99. The number of hydrogen-bond acceptors (Lipinski definition) is 4. The van der Waals surface area contributed by atoms with E-state index in [4.69, 9.17) is 5.10 Å². The van der Waals surface area contributed by atoms with E-state index in [1.807, 2.05) is 59.1 Å². The highest BCUT2D eigenvalue weighted by atomic mass is 16.2. The van der Waals surface area contributed by atoms with Gasteiger partial charge in [-0.25, -0.2) is 4.98 Å². The molecule has 0 spiro atoms. The van der Waals surface area contributed by atoms with Gasteiger partial charge < -0.3 is 9.88 Å². The predicted molar refractivity (Wildman–Crippen MR) is 109 cm³/mol. The molecule has 5 rings (SSSR count). The number of hydrogen-bond donors (Lipinski definition) is 1. The summed E-state index contributed by atoms with van der Waals surface area (Å²) >= 11 is 0. The summed E-state index contributed by atoms with van der Waals surface area (Å²) in [6, 6.07) is 11.6. The molecular formula is C21H23N7O. The fraction of sp³-hybridized carbons (Fsp3) is 0.333. The second kappa shape index (κ2) is 7.20. The maximum atomic E-state index is 13.2. The number of amides is 1. The molecule has 1 aliphatic heterocycles. The Labute approximate surface area is 168 Å². The molecule has 0 bridgehead atoms. The summed E-state index contributed by atoms with van der Waals surface area (Å²) in [6.07, 6.45) is 5.15. The number of fused-ring (bicyclic) bond motifs is 2. The Kier molecular flexibility index (Phi) is 4.38. The van der Waals surface area contributed by atoms with Gasteiger partial charge in [0.1, 0.15) is 11.7 Å². The van der Waals surface area contributed by atoms with E-state index in [1.54, 1.807) is 10.9 Å². The van der Waals surface area contributed by atoms with Crippen molar-refractivity contribution in [1.82, 2.24) is 34.4 Å². The van der Waals surface area contributed by atoms with Gasteiger partial charge in [-0.05, 0) is 37.1 Å². The summed E-state index contributed by atoms with van der Waals surface area (Å²) in [5, 5.41) is 9.03. The zero-order chi connectivity index (χ0) is 19.8. The minimum atomic E-state index is -0.269. The Hall–Kier alpha value is -3.42. The number of para-hydroxylation sites is 2. The summed E-state index contributed by atoms with van der Waals surface area (Å²) < 4.78 is 3.76. The minimum absolute atomic E-state index is 0.108. The second-order valence-corrected chi connectivity index (χ2v) is 7.37. The van der Waals surface area contributed by atoms with Gasteiger partial charge in [0.15, 0.2) is 5.82 Å². The molecule has 0 saturated heterocycles. The molecule has 0 radical (unpaired) electrons. The summed E-state index contributed by atoms with van der Waals surface area (Å²) in [6.45, 7) is 4.08. The number of aryl methyl sites for hydroxylation is 1. The SMILES string of the molecule is CC[C@@H](C(=O)N1CCCn2nc(-c3nc4ccccc4[nH]3)cc2C1)n1cccn1. The van der Waals surface area contributed by atoms with E-state index < -0.39 is 0 Å². The first-order chi connectivity index (χ1) is 14.2. The highest BCUT2D eigenvalue weighted by Gasteiger charge is 2.27. The van der Waals surface area contributed by atoms with Crippen molar-refractivity contribution in [3.8, 4) is 11.5 Å². The molecular weight excluding hydrogens is 366 g/mol. The van der Waals surface area contributed by atoms with E-state index in [9.17, 15) is 4.79 Å². The van der Waals surface area contributed by atoms with Crippen LogP contribution in [0.5, 0.6) is 0 Å². The van der Waals surface area contributed by atoms with E-state index in [1.165, 1.54) is 0 Å². The monoisotopic (exact) mass is 389 g/mol. The molecule has 1 aromatic carbocycles. The first kappa shape index (κ1) is 17.7. The Morgan fingerprint density at radius 3 is 2.93 bits per heavy atom. The maximum absolute atomic E-state index is 13.2. The summed E-state index contributed by atoms with van der Waals surface area (Å²) in [5.74, 6) is 0.865. The lowest BCUT2D eigenvalue weighted by atomic mass is 10.2. The Balaban J connectivity index is 1.42. The van der Waals surface area contributed by atoms with Crippen molar-refractivity contribution in [3.05, 3.63) is 54.5 Å². The standard InChI is InChI=1S/C21H23N7O/c1-2-19(28-11-5-9-22-28)21(29)26-10-6-12-27-15(14-26)13-18(25-27)20-23-16-7-3-4-8-17(16)24-20/h3-5,7-9,11,13,19H,2,6,10,12,14H2,1H3,(H,23,24)/t19-/m0/s1. The molecule has 1 aliphatic rings. The van der Waals surface area contributed by atoms with Gasteiger partial charge in [-0.1, -0.05) is 19.1 Å². The first-order valence-electron chi connectivity index (χ1n) is 10.0. The number of imidazole rings is 1. The predicted octanol–water partition coefficient (Wildman–Crippen LogP) is 3.01. The normalized spacial score (nSPS) is 15.3. The molecule has 4 heterocycles. The molecule has 0 aliphatic carbocycles. The average Bonchev–Trinajstić information content (AvgIpc) is 3.46. The van der Waals surface area contributed by atoms with Crippen molar-refractivity contribution in [3.63, 3.8) is 0 Å². The quantitative estimate of drug-likeness (QED) is 0.581. The minimum Gasteiger partial charge on any atom is -0.337 e. The van der Waals surface area contributed by atoms with Crippen LogP contribution in [0, 0.1) is 0 Å². The lowest BCUT2D eigenvalue weighted by Gasteiger charge is -2.25. The Bertz CT molecular complexity index is 1110. The lowest BCUT2D eigenvalue weighted by Crippen LogP contribution is -2.37. The highest BCUT2D eigenvalue weighted by Crippen LogP contribution is 2.24. The van der Waals surface area contributed by atoms with E-state index >= 15 is 0 Å². The highest BCUT2D eigenvalue weighted by molar-refractivity contribution is 5.80. The van der Waals surface area contributed by atoms with Crippen LogP contribution >= 0.6 is 0 Å². The summed E-state index contributed by atoms with van der Waals surface area (Å²) in [7, 11) is 0. The van der Waals surface area contributed by atoms with Gasteiger partial charge in [0.2, 0.25) is 5.91 Å². The van der Waals surface area contributed by atoms with Crippen molar-refractivity contribution in [2.75, 3.05) is 6.54 Å². The molecule has 3 aromatic heterocycles. The van der Waals surface area contributed by atoms with Crippen LogP contribution in [0.3, 0.4) is 0 Å². The third-order valence-electron chi connectivity index (χ3n) is 5.47. The third kappa shape index (κ3) is 3.20. The van der Waals surface area contributed by atoms with Gasteiger partial charge in [-0.15, -0.1) is 0 Å². The molecule has 0 fully saturated rings. The number of carbonyl (C=O) groups is 1. The van der Waals surface area contributed by atoms with Crippen LogP contribution in [0.15, 0.2) is 48.8 Å². The number of carbonyl (C=O) groups excluding carboxylic acids is 1. The average molecular weight is 389 g/mol. The van der Waals surface area contributed by atoms with Crippen molar-refractivity contribution in [2.24, 2.45) is 0 Å². The van der Waals surface area contributed by atoms with E-state index in [0.717, 1.165) is 47.8 Å². The summed E-state index contributed by atoms with van der Waals surface area (Å²) in [5.41, 5.74) is 3.76. The van der Waals surface area contributed by atoms with Crippen molar-refractivity contribution < 1.29 is 4.79 Å². The van der Waals surface area contributed by atoms with Crippen LogP contribution in [-0.4, -0.2) is 46.9 Å². The van der Waals surface area contributed by atoms with Crippen LogP contribution in [0.2, 0.25) is 0 Å². The third-order valence-corrected chi connectivity index (χ3v) is 5.47. The topological polar surface area (TPSA) is 84.6 Å². The van der Waals surface area contributed by atoms with Crippen LogP contribution in [0.25, 0.3) is 22.6 Å². The van der Waals surface area contributed by atoms with Gasteiger partial charge in [0.05, 0.1) is 23.3 Å². The van der Waals surface area contributed by atoms with Gasteiger partial charge in [0, 0.05) is 25.5 Å². The van der Waals surface area contributed by atoms with Crippen LogP contribution in [0.4, 0.5) is 0 Å². The van der Waals surface area contributed by atoms with Gasteiger partial charge in [-0.2, -0.15) is 10.2 Å². The summed E-state index contributed by atoms with van der Waals surface area (Å²) in [4.78, 5) is 23.1. The molecule has 0 saturated carbocycles. The second-order valence-electron chi connectivity index (χ2n) is 7.37. The number of nitrogens with one attached hydrogen (secondary N) is 1. The lowest BCUT2D eigenvalue weighted by molar-refractivity contribution is -0.135. The molecule has 0 unspecified atom stereocenters. The smallest absolute Gasteiger partial charge is 0.247 e. The number of benzene rings is 1. The van der Waals surface area contributed by atoms with Crippen molar-refractivity contribution in [2.45, 2.75) is 38.9 Å². The number of aromatic nitrogens is 6. The van der Waals surface area contributed by atoms with Crippen LogP contribution in [0.1, 0.15) is 31.5 Å². The van der Waals surface area contributed by atoms with Crippen molar-refractivity contribution in [1.29, 1.82) is 0 Å². The number of nitrogens with zero attached hydrogens (tertiary/aromatic N) is 6. The molecule has 29 heavy (non-hydrogen) atoms. The Morgan fingerprint density at radius 1 is 1.24 bits per heavy atom. The first-order valence-corrected chi connectivity index (χ1v) is 10.0. The molecule has 8 heteroatoms. The number of H-pyrrole nitrogens is 1. The Morgan fingerprint density at radius 2 is 2.14 bits per heavy atom. The largest absolute Gasteiger partial charge is 0.337 e. The maximum Gasteiger partial charge on any atom is 0.247 e. The van der Waals surface area contributed by atoms with Crippen LogP contribution < -0.4 is 0 Å². The van der Waals surface area contributed by atoms with Gasteiger partial charge in [-0.3, -0.25) is 14.2 Å². The zero-order valence-corrected chi connectivity index (χ0v) is 16.3. The van der Waals surface area contributed by atoms with E-state index in [-0.39, 0.29) is 11.9 Å². The molecule has 8 nitrogen and oxygen atoms in total. The van der Waals surface area contributed by atoms with E-state index in [0.29, 0.717) is 13.0 Å². The zero-order valence-electron chi connectivity index (χ0n) is 16.3. The molecule has 148 valence electrons. The number of rotatable bonds is 4. The van der Waals surface area contributed by atoms with Crippen LogP contribution in [-0.2, 0) is 17.9 Å². The van der Waals surface area contributed by atoms with Gasteiger partial charge >= 0.3 is 0 Å². The van der Waals surface area contributed by atoms with Gasteiger partial charge in [0.25, 0.3) is 0 Å². The van der Waals surface area contributed by atoms with E-state index in [2.05, 4.69) is 15.1 Å². The molecule has 1 N–H and O–H groups in total. The number of aromatic amines is 1.